The van der Waals surface area contributed by atoms with Gasteiger partial charge in [-0.2, -0.15) is 5.26 Å². The van der Waals surface area contributed by atoms with Crippen LogP contribution in [0.2, 0.25) is 0 Å². The third-order valence-electron chi connectivity index (χ3n) is 4.36. The molecule has 3 aromatic carbocycles. The standard InChI is InChI=1S/C22H17FN2O3S/c1-16-10-12-18(13-11-16)29(27,28)25(21-9-5-2-6-17(21)14-24)15-22(26)19-7-3-4-8-20(19)23/h2-13H,15H2,1H3. The molecule has 7 heteroatoms. The molecule has 0 amide bonds. The van der Waals surface area contributed by atoms with Gasteiger partial charge in [-0.3, -0.25) is 9.10 Å². The first-order valence-corrected chi connectivity index (χ1v) is 10.1. The van der Waals surface area contributed by atoms with Crippen molar-refractivity contribution in [2.24, 2.45) is 0 Å². The van der Waals surface area contributed by atoms with Crippen LogP contribution in [0.4, 0.5) is 10.1 Å². The van der Waals surface area contributed by atoms with Crippen molar-refractivity contribution in [2.75, 3.05) is 10.8 Å². The van der Waals surface area contributed by atoms with Crippen LogP contribution in [0, 0.1) is 24.1 Å². The summed E-state index contributed by atoms with van der Waals surface area (Å²) in [6.45, 7) is 1.18. The summed E-state index contributed by atoms with van der Waals surface area (Å²) in [5, 5.41) is 9.42. The Kier molecular flexibility index (Phi) is 5.76. The number of para-hydroxylation sites is 1. The van der Waals surface area contributed by atoms with Gasteiger partial charge in [0.15, 0.2) is 5.78 Å². The zero-order chi connectivity index (χ0) is 21.0. The zero-order valence-corrected chi connectivity index (χ0v) is 16.4. The average Bonchev–Trinajstić information content (AvgIpc) is 2.72. The summed E-state index contributed by atoms with van der Waals surface area (Å²) in [7, 11) is -4.18. The Labute approximate surface area is 168 Å². The Morgan fingerprint density at radius 2 is 1.62 bits per heavy atom. The lowest BCUT2D eigenvalue weighted by molar-refractivity contribution is 0.0998. The second-order valence-electron chi connectivity index (χ2n) is 6.36. The molecule has 0 saturated heterocycles. The first-order valence-electron chi connectivity index (χ1n) is 8.71. The molecule has 0 aliphatic carbocycles. The molecule has 0 N–H and O–H groups in total. The van der Waals surface area contributed by atoms with E-state index < -0.39 is 28.2 Å². The van der Waals surface area contributed by atoms with E-state index >= 15 is 0 Å². The second-order valence-corrected chi connectivity index (χ2v) is 8.22. The molecular weight excluding hydrogens is 391 g/mol. The molecule has 0 aromatic heterocycles. The number of benzene rings is 3. The Hall–Kier alpha value is -3.50. The van der Waals surface area contributed by atoms with Crippen LogP contribution in [0.25, 0.3) is 0 Å². The molecule has 0 atom stereocenters. The van der Waals surface area contributed by atoms with Gasteiger partial charge in [0.2, 0.25) is 0 Å². The molecule has 3 aromatic rings. The molecule has 0 spiro atoms. The number of Topliss-reactive ketones (excluding diaryl/α,β-unsaturated/α-hetero) is 1. The number of halogens is 1. The summed E-state index contributed by atoms with van der Waals surface area (Å²) >= 11 is 0. The van der Waals surface area contributed by atoms with E-state index in [-0.39, 0.29) is 21.7 Å². The molecule has 146 valence electrons. The van der Waals surface area contributed by atoms with Crippen LogP contribution in [0.5, 0.6) is 0 Å². The SMILES string of the molecule is Cc1ccc(S(=O)(=O)N(CC(=O)c2ccccc2F)c2ccccc2C#N)cc1. The number of anilines is 1. The number of carbonyl (C=O) groups excluding carboxylic acids is 1. The maximum atomic E-state index is 14.1. The van der Waals surface area contributed by atoms with E-state index in [1.54, 1.807) is 24.3 Å². The fourth-order valence-electron chi connectivity index (χ4n) is 2.83. The number of nitrogens with zero attached hydrogens (tertiary/aromatic N) is 2. The molecule has 0 bridgehead atoms. The molecule has 0 aliphatic rings. The predicted octanol–water partition coefficient (Wildman–Crippen LogP) is 4.08. The van der Waals surface area contributed by atoms with Gasteiger partial charge in [-0.05, 0) is 43.3 Å². The number of rotatable bonds is 6. The number of nitriles is 1. The first-order chi connectivity index (χ1) is 13.8. The van der Waals surface area contributed by atoms with Gasteiger partial charge in [-0.1, -0.05) is 42.0 Å². The van der Waals surface area contributed by atoms with Crippen molar-refractivity contribution in [3.05, 3.63) is 95.3 Å². The smallest absolute Gasteiger partial charge is 0.264 e. The van der Waals surface area contributed by atoms with E-state index in [9.17, 15) is 22.9 Å². The maximum Gasteiger partial charge on any atom is 0.264 e. The molecule has 0 fully saturated rings. The maximum absolute atomic E-state index is 14.1. The van der Waals surface area contributed by atoms with Crippen LogP contribution >= 0.6 is 0 Å². The minimum atomic E-state index is -4.18. The van der Waals surface area contributed by atoms with Gasteiger partial charge >= 0.3 is 0 Å². The van der Waals surface area contributed by atoms with Crippen molar-refractivity contribution in [3.63, 3.8) is 0 Å². The van der Waals surface area contributed by atoms with Gasteiger partial charge in [0.1, 0.15) is 11.9 Å². The van der Waals surface area contributed by atoms with E-state index in [1.807, 2.05) is 13.0 Å². The number of hydrogen-bond acceptors (Lipinski definition) is 4. The van der Waals surface area contributed by atoms with Crippen molar-refractivity contribution in [3.8, 4) is 6.07 Å². The Morgan fingerprint density at radius 3 is 2.28 bits per heavy atom. The lowest BCUT2D eigenvalue weighted by Gasteiger charge is -2.25. The van der Waals surface area contributed by atoms with Crippen molar-refractivity contribution in [1.82, 2.24) is 0 Å². The summed E-state index contributed by atoms with van der Waals surface area (Å²) in [5.74, 6) is -1.45. The molecule has 5 nitrogen and oxygen atoms in total. The third kappa shape index (κ3) is 4.18. The lowest BCUT2D eigenvalue weighted by atomic mass is 10.1. The van der Waals surface area contributed by atoms with Crippen molar-refractivity contribution >= 4 is 21.5 Å². The van der Waals surface area contributed by atoms with Gasteiger partial charge in [0.25, 0.3) is 10.0 Å². The van der Waals surface area contributed by atoms with E-state index in [0.29, 0.717) is 0 Å². The van der Waals surface area contributed by atoms with Crippen molar-refractivity contribution in [2.45, 2.75) is 11.8 Å². The summed E-state index contributed by atoms with van der Waals surface area (Å²) in [6.07, 6.45) is 0. The van der Waals surface area contributed by atoms with Gasteiger partial charge in [-0.25, -0.2) is 12.8 Å². The molecule has 29 heavy (non-hydrogen) atoms. The van der Waals surface area contributed by atoms with E-state index in [2.05, 4.69) is 0 Å². The average molecular weight is 408 g/mol. The molecule has 0 radical (unpaired) electrons. The van der Waals surface area contributed by atoms with Gasteiger partial charge < -0.3 is 0 Å². The highest BCUT2D eigenvalue weighted by atomic mass is 32.2. The highest BCUT2D eigenvalue weighted by molar-refractivity contribution is 7.92. The quantitative estimate of drug-likeness (QED) is 0.576. The molecule has 3 rings (SSSR count). The highest BCUT2D eigenvalue weighted by Gasteiger charge is 2.29. The fourth-order valence-corrected chi connectivity index (χ4v) is 4.27. The molecular formula is C22H17FN2O3S. The topological polar surface area (TPSA) is 78.2 Å². The number of ketones is 1. The third-order valence-corrected chi connectivity index (χ3v) is 6.14. The minimum Gasteiger partial charge on any atom is -0.292 e. The van der Waals surface area contributed by atoms with E-state index in [4.69, 9.17) is 0 Å². The normalized spacial score (nSPS) is 10.9. The van der Waals surface area contributed by atoms with Crippen LogP contribution in [0.15, 0.2) is 77.7 Å². The largest absolute Gasteiger partial charge is 0.292 e. The van der Waals surface area contributed by atoms with Crippen molar-refractivity contribution < 1.29 is 17.6 Å². The Bertz CT molecular complexity index is 1200. The zero-order valence-electron chi connectivity index (χ0n) is 15.5. The predicted molar refractivity (Wildman–Crippen MR) is 108 cm³/mol. The molecule has 0 heterocycles. The Balaban J connectivity index is 2.12. The molecule has 0 unspecified atom stereocenters. The summed E-state index contributed by atoms with van der Waals surface area (Å²) in [6, 6.07) is 19.5. The lowest BCUT2D eigenvalue weighted by Crippen LogP contribution is -2.36. The van der Waals surface area contributed by atoms with Crippen LogP contribution in [-0.4, -0.2) is 20.7 Å². The van der Waals surface area contributed by atoms with Crippen LogP contribution in [0.1, 0.15) is 21.5 Å². The van der Waals surface area contributed by atoms with E-state index in [1.165, 1.54) is 42.5 Å². The number of aryl methyl sites for hydroxylation is 1. The van der Waals surface area contributed by atoms with Crippen molar-refractivity contribution in [1.29, 1.82) is 5.26 Å². The summed E-state index contributed by atoms with van der Waals surface area (Å²) in [5.41, 5.74) is 0.797. The fraction of sp³-hybridized carbons (Fsp3) is 0.0909. The highest BCUT2D eigenvalue weighted by Crippen LogP contribution is 2.27. The van der Waals surface area contributed by atoms with Crippen LogP contribution in [-0.2, 0) is 10.0 Å². The first kappa shape index (κ1) is 20.2. The number of sulfonamides is 1. The van der Waals surface area contributed by atoms with Gasteiger partial charge in [-0.15, -0.1) is 0 Å². The van der Waals surface area contributed by atoms with Crippen LogP contribution < -0.4 is 4.31 Å². The summed E-state index contributed by atoms with van der Waals surface area (Å²) in [4.78, 5) is 12.7. The number of hydrogen-bond donors (Lipinski definition) is 0. The molecule has 0 saturated carbocycles. The summed E-state index contributed by atoms with van der Waals surface area (Å²) < 4.78 is 41.6. The van der Waals surface area contributed by atoms with Crippen LogP contribution in [0.3, 0.4) is 0 Å². The molecule has 0 aliphatic heterocycles. The van der Waals surface area contributed by atoms with Gasteiger partial charge in [0, 0.05) is 0 Å². The number of carbonyl (C=O) groups is 1. The monoisotopic (exact) mass is 408 g/mol. The van der Waals surface area contributed by atoms with E-state index in [0.717, 1.165) is 15.9 Å². The minimum absolute atomic E-state index is 0.0304. The Morgan fingerprint density at radius 1 is 1.00 bits per heavy atom. The van der Waals surface area contributed by atoms with Gasteiger partial charge in [0.05, 0.1) is 28.3 Å². The second kappa shape index (κ2) is 8.25.